The fourth-order valence-electron chi connectivity index (χ4n) is 3.27. The third kappa shape index (κ3) is 3.99. The van der Waals surface area contributed by atoms with Crippen LogP contribution in [-0.4, -0.2) is 19.6 Å². The van der Waals surface area contributed by atoms with E-state index in [0.29, 0.717) is 19.5 Å². The summed E-state index contributed by atoms with van der Waals surface area (Å²) in [6.45, 7) is 1.16. The fourth-order valence-corrected chi connectivity index (χ4v) is 4.36. The number of ether oxygens (including phenoxy) is 1. The molecule has 0 bridgehead atoms. The number of nitrogens with one attached hydrogen (secondary N) is 1. The van der Waals surface area contributed by atoms with Crippen molar-refractivity contribution in [2.24, 2.45) is 0 Å². The second-order valence-corrected chi connectivity index (χ2v) is 7.65. The first-order chi connectivity index (χ1) is 13.7. The second kappa shape index (κ2) is 8.40. The maximum atomic E-state index is 12.4. The summed E-state index contributed by atoms with van der Waals surface area (Å²) in [7, 11) is 1.65. The van der Waals surface area contributed by atoms with Gasteiger partial charge in [0.1, 0.15) is 5.75 Å². The molecule has 4 rings (SSSR count). The Hall–Kier alpha value is -2.92. The largest absolute Gasteiger partial charge is 0.497 e. The number of fused-ring (bicyclic) bond motifs is 2. The number of methoxy groups -OCH3 is 1. The average molecular weight is 391 g/mol. The summed E-state index contributed by atoms with van der Waals surface area (Å²) in [6, 6.07) is 24.4. The van der Waals surface area contributed by atoms with Crippen LogP contribution in [0.1, 0.15) is 12.0 Å². The van der Waals surface area contributed by atoms with Crippen molar-refractivity contribution in [3.05, 3.63) is 78.4 Å². The zero-order valence-electron chi connectivity index (χ0n) is 15.7. The lowest BCUT2D eigenvalue weighted by Crippen LogP contribution is -2.29. The molecule has 1 heterocycles. The molecule has 0 saturated heterocycles. The number of hydrogen-bond acceptors (Lipinski definition) is 4. The molecule has 3 aromatic rings. The van der Waals surface area contributed by atoms with Crippen LogP contribution in [0.3, 0.4) is 0 Å². The Kier molecular flexibility index (Phi) is 5.53. The smallest absolute Gasteiger partial charge is 0.222 e. The molecular weight excluding hydrogens is 368 g/mol. The van der Waals surface area contributed by atoms with E-state index in [1.54, 1.807) is 18.9 Å². The van der Waals surface area contributed by atoms with Crippen LogP contribution >= 0.6 is 11.8 Å². The molecule has 1 aliphatic heterocycles. The molecule has 0 fully saturated rings. The minimum Gasteiger partial charge on any atom is -0.497 e. The van der Waals surface area contributed by atoms with Crippen LogP contribution < -0.4 is 15.0 Å². The number of anilines is 2. The highest BCUT2D eigenvalue weighted by molar-refractivity contribution is 7.99. The SMILES string of the molecule is COc1ccc(CNC(=O)CCN2c3ccccc3Sc3ccccc32)cc1. The molecule has 0 atom stereocenters. The van der Waals surface area contributed by atoms with Crippen molar-refractivity contribution in [2.75, 3.05) is 18.6 Å². The first kappa shape index (κ1) is 18.4. The maximum absolute atomic E-state index is 12.4. The zero-order chi connectivity index (χ0) is 19.3. The van der Waals surface area contributed by atoms with Crippen LogP contribution in [0.5, 0.6) is 5.75 Å². The predicted octanol–water partition coefficient (Wildman–Crippen LogP) is 5.00. The van der Waals surface area contributed by atoms with Crippen LogP contribution in [0, 0.1) is 0 Å². The van der Waals surface area contributed by atoms with E-state index in [0.717, 1.165) is 22.7 Å². The van der Waals surface area contributed by atoms with Crippen molar-refractivity contribution >= 4 is 29.0 Å². The van der Waals surface area contributed by atoms with Crippen molar-refractivity contribution < 1.29 is 9.53 Å². The second-order valence-electron chi connectivity index (χ2n) is 6.56. The molecule has 0 unspecified atom stereocenters. The molecule has 1 N–H and O–H groups in total. The van der Waals surface area contributed by atoms with Gasteiger partial charge in [-0.3, -0.25) is 4.79 Å². The van der Waals surface area contributed by atoms with Crippen LogP contribution in [-0.2, 0) is 11.3 Å². The number of benzene rings is 3. The van der Waals surface area contributed by atoms with Crippen molar-refractivity contribution in [3.63, 3.8) is 0 Å². The van der Waals surface area contributed by atoms with Gasteiger partial charge in [0, 0.05) is 29.3 Å². The number of nitrogens with zero attached hydrogens (tertiary/aromatic N) is 1. The molecule has 0 spiro atoms. The van der Waals surface area contributed by atoms with Crippen molar-refractivity contribution in [1.29, 1.82) is 0 Å². The van der Waals surface area contributed by atoms with Crippen LogP contribution in [0.2, 0.25) is 0 Å². The van der Waals surface area contributed by atoms with Crippen LogP contribution in [0.15, 0.2) is 82.6 Å². The number of rotatable bonds is 6. The highest BCUT2D eigenvalue weighted by Gasteiger charge is 2.23. The van der Waals surface area contributed by atoms with E-state index in [4.69, 9.17) is 4.74 Å². The Morgan fingerprint density at radius 3 is 2.14 bits per heavy atom. The maximum Gasteiger partial charge on any atom is 0.222 e. The van der Waals surface area contributed by atoms with Gasteiger partial charge in [-0.1, -0.05) is 48.2 Å². The van der Waals surface area contributed by atoms with Crippen molar-refractivity contribution in [2.45, 2.75) is 22.8 Å². The summed E-state index contributed by atoms with van der Waals surface area (Å²) >= 11 is 1.78. The Morgan fingerprint density at radius 2 is 1.54 bits per heavy atom. The van der Waals surface area contributed by atoms with E-state index < -0.39 is 0 Å². The quantitative estimate of drug-likeness (QED) is 0.643. The number of para-hydroxylation sites is 2. The van der Waals surface area contributed by atoms with E-state index in [1.165, 1.54) is 9.79 Å². The van der Waals surface area contributed by atoms with Gasteiger partial charge in [0.15, 0.2) is 0 Å². The summed E-state index contributed by atoms with van der Waals surface area (Å²) in [5.41, 5.74) is 3.38. The topological polar surface area (TPSA) is 41.6 Å². The molecule has 4 nitrogen and oxygen atoms in total. The van der Waals surface area contributed by atoms with Gasteiger partial charge in [-0.2, -0.15) is 0 Å². The van der Waals surface area contributed by atoms with Gasteiger partial charge in [-0.05, 0) is 42.0 Å². The highest BCUT2D eigenvalue weighted by Crippen LogP contribution is 2.47. The van der Waals surface area contributed by atoms with Gasteiger partial charge >= 0.3 is 0 Å². The molecule has 5 heteroatoms. The fraction of sp³-hybridized carbons (Fsp3) is 0.174. The molecule has 1 aliphatic rings. The minimum atomic E-state index is 0.0454. The summed E-state index contributed by atoms with van der Waals surface area (Å²) in [6.07, 6.45) is 0.434. The van der Waals surface area contributed by atoms with E-state index in [2.05, 4.69) is 46.6 Å². The van der Waals surface area contributed by atoms with E-state index in [-0.39, 0.29) is 5.91 Å². The molecule has 1 amide bonds. The molecular formula is C23H22N2O2S. The first-order valence-electron chi connectivity index (χ1n) is 9.27. The Morgan fingerprint density at radius 1 is 0.929 bits per heavy atom. The van der Waals surface area contributed by atoms with Gasteiger partial charge < -0.3 is 15.0 Å². The van der Waals surface area contributed by atoms with E-state index in [1.807, 2.05) is 36.4 Å². The lowest BCUT2D eigenvalue weighted by Gasteiger charge is -2.32. The molecule has 0 aliphatic carbocycles. The molecule has 0 aromatic heterocycles. The summed E-state index contributed by atoms with van der Waals surface area (Å²) in [4.78, 5) is 17.1. The number of amides is 1. The summed E-state index contributed by atoms with van der Waals surface area (Å²) in [5, 5.41) is 3.01. The Bertz CT molecular complexity index is 927. The van der Waals surface area contributed by atoms with Gasteiger partial charge in [-0.15, -0.1) is 0 Å². The van der Waals surface area contributed by atoms with Crippen LogP contribution in [0.25, 0.3) is 0 Å². The molecule has 0 saturated carbocycles. The van der Waals surface area contributed by atoms with Gasteiger partial charge in [0.05, 0.1) is 18.5 Å². The molecule has 0 radical (unpaired) electrons. The zero-order valence-corrected chi connectivity index (χ0v) is 16.5. The normalized spacial score (nSPS) is 12.1. The molecule has 28 heavy (non-hydrogen) atoms. The number of hydrogen-bond donors (Lipinski definition) is 1. The standard InChI is InChI=1S/C23H22N2O2S/c1-27-18-12-10-17(11-13-18)16-24-23(26)14-15-25-19-6-2-4-8-21(19)28-22-9-5-3-7-20(22)25/h2-13H,14-16H2,1H3,(H,24,26). The summed E-state index contributed by atoms with van der Waals surface area (Å²) < 4.78 is 5.16. The third-order valence-electron chi connectivity index (χ3n) is 4.74. The van der Waals surface area contributed by atoms with Crippen molar-refractivity contribution in [3.8, 4) is 5.75 Å². The Labute approximate surface area is 169 Å². The first-order valence-corrected chi connectivity index (χ1v) is 10.1. The molecule has 142 valence electrons. The molecule has 3 aromatic carbocycles. The lowest BCUT2D eigenvalue weighted by atomic mass is 10.2. The average Bonchev–Trinajstić information content (AvgIpc) is 2.75. The summed E-state index contributed by atoms with van der Waals surface area (Å²) in [5.74, 6) is 0.861. The third-order valence-corrected chi connectivity index (χ3v) is 5.87. The van der Waals surface area contributed by atoms with Crippen molar-refractivity contribution in [1.82, 2.24) is 5.32 Å². The number of carbonyl (C=O) groups is 1. The highest BCUT2D eigenvalue weighted by atomic mass is 32.2. The van der Waals surface area contributed by atoms with E-state index in [9.17, 15) is 4.79 Å². The van der Waals surface area contributed by atoms with Gasteiger partial charge in [0.25, 0.3) is 0 Å². The predicted molar refractivity (Wildman–Crippen MR) is 113 cm³/mol. The van der Waals surface area contributed by atoms with Gasteiger partial charge in [0.2, 0.25) is 5.91 Å². The lowest BCUT2D eigenvalue weighted by molar-refractivity contribution is -0.121. The van der Waals surface area contributed by atoms with Gasteiger partial charge in [-0.25, -0.2) is 0 Å². The monoisotopic (exact) mass is 390 g/mol. The Balaban J connectivity index is 1.41. The van der Waals surface area contributed by atoms with Crippen LogP contribution in [0.4, 0.5) is 11.4 Å². The van der Waals surface area contributed by atoms with E-state index >= 15 is 0 Å². The number of carbonyl (C=O) groups excluding carboxylic acids is 1. The minimum absolute atomic E-state index is 0.0454.